The molecule has 4 heteroatoms. The molecular weight excluding hydrogens is 219 g/mol. The number of aryl methyl sites for hydroxylation is 1. The van der Waals surface area contributed by atoms with Crippen molar-refractivity contribution in [1.29, 1.82) is 0 Å². The number of aromatic nitrogens is 2. The first-order valence-corrected chi connectivity index (χ1v) is 5.22. The van der Waals surface area contributed by atoms with Crippen LogP contribution in [0.15, 0.2) is 23.4 Å². The summed E-state index contributed by atoms with van der Waals surface area (Å²) in [7, 11) is 0. The van der Waals surface area contributed by atoms with Crippen molar-refractivity contribution in [2.45, 2.75) is 18.7 Å². The normalized spacial score (nSPS) is 21.8. The van der Waals surface area contributed by atoms with Gasteiger partial charge in [0.05, 0.1) is 11.1 Å². The van der Waals surface area contributed by atoms with Crippen molar-refractivity contribution < 1.29 is 0 Å². The molecule has 2 rings (SSSR count). The van der Waals surface area contributed by atoms with Gasteiger partial charge in [0.25, 0.3) is 0 Å². The van der Waals surface area contributed by atoms with E-state index in [-0.39, 0.29) is 5.38 Å². The lowest BCUT2D eigenvalue weighted by atomic mass is 10.1. The Hall–Kier alpha value is -0.730. The van der Waals surface area contributed by atoms with E-state index in [9.17, 15) is 0 Å². The zero-order valence-electron chi connectivity index (χ0n) is 7.72. The second-order valence-electron chi connectivity index (χ2n) is 3.27. The number of allylic oxidation sites excluding steroid dienone is 4. The number of H-pyrrole nitrogens is 1. The number of hydrogen-bond donors (Lipinski definition) is 1. The minimum Gasteiger partial charge on any atom is -0.344 e. The Morgan fingerprint density at radius 2 is 2.36 bits per heavy atom. The zero-order valence-corrected chi connectivity index (χ0v) is 9.23. The molecule has 0 fully saturated rings. The lowest BCUT2D eigenvalue weighted by Crippen LogP contribution is -2.01. The molecule has 1 N–H and O–H groups in total. The van der Waals surface area contributed by atoms with Crippen LogP contribution < -0.4 is 0 Å². The lowest BCUT2D eigenvalue weighted by molar-refractivity contribution is 1.04. The van der Waals surface area contributed by atoms with Crippen LogP contribution in [0.1, 0.15) is 17.9 Å². The molecule has 1 aromatic rings. The van der Waals surface area contributed by atoms with Crippen molar-refractivity contribution >= 4 is 28.8 Å². The first kappa shape index (κ1) is 9.81. The number of nitrogens with one attached hydrogen (secondary N) is 1. The van der Waals surface area contributed by atoms with E-state index in [1.165, 1.54) is 0 Å². The zero-order chi connectivity index (χ0) is 10.1. The van der Waals surface area contributed by atoms with Gasteiger partial charge in [0.1, 0.15) is 5.82 Å². The quantitative estimate of drug-likeness (QED) is 0.735. The van der Waals surface area contributed by atoms with Gasteiger partial charge >= 0.3 is 0 Å². The van der Waals surface area contributed by atoms with Crippen LogP contribution in [0.5, 0.6) is 0 Å². The van der Waals surface area contributed by atoms with Gasteiger partial charge in [0.15, 0.2) is 0 Å². The average molecular weight is 229 g/mol. The van der Waals surface area contributed by atoms with Gasteiger partial charge < -0.3 is 4.98 Å². The number of nitrogens with zero attached hydrogens (tertiary/aromatic N) is 1. The highest BCUT2D eigenvalue weighted by Gasteiger charge is 2.15. The Labute approximate surface area is 92.6 Å². The molecule has 1 aliphatic rings. The molecule has 1 unspecified atom stereocenters. The Bertz CT molecular complexity index is 404. The first-order valence-electron chi connectivity index (χ1n) is 4.41. The number of halogens is 2. The lowest BCUT2D eigenvalue weighted by Gasteiger charge is -2.12. The second kappa shape index (κ2) is 3.79. The summed E-state index contributed by atoms with van der Waals surface area (Å²) in [5.41, 5.74) is 1.84. The van der Waals surface area contributed by atoms with Gasteiger partial charge in [0.2, 0.25) is 0 Å². The van der Waals surface area contributed by atoms with Gasteiger partial charge in [-0.3, -0.25) is 0 Å². The summed E-state index contributed by atoms with van der Waals surface area (Å²) in [6.07, 6.45) is 6.48. The highest BCUT2D eigenvalue weighted by molar-refractivity contribution is 6.37. The molecule has 0 spiro atoms. The number of rotatable bonds is 1. The largest absolute Gasteiger partial charge is 0.344 e. The fourth-order valence-electron chi connectivity index (χ4n) is 1.40. The van der Waals surface area contributed by atoms with E-state index in [0.29, 0.717) is 0 Å². The molecule has 1 aliphatic carbocycles. The maximum absolute atomic E-state index is 6.07. The van der Waals surface area contributed by atoms with Crippen molar-refractivity contribution in [3.05, 3.63) is 34.9 Å². The molecule has 0 radical (unpaired) electrons. The standard InChI is InChI=1S/C10H10Cl2N2/c1-6-5-13-10(14-6)8-4-7(11)2-3-9(8)12/h3-5,7H,2H2,1H3,(H,13,14). The summed E-state index contributed by atoms with van der Waals surface area (Å²) >= 11 is 12.1. The molecule has 1 aromatic heterocycles. The predicted octanol–water partition coefficient (Wildman–Crippen LogP) is 3.24. The summed E-state index contributed by atoms with van der Waals surface area (Å²) in [5.74, 6) is 0.786. The third-order valence-corrected chi connectivity index (χ3v) is 2.75. The van der Waals surface area contributed by atoms with Crippen LogP contribution in [0.3, 0.4) is 0 Å². The number of hydrogen-bond acceptors (Lipinski definition) is 1. The molecular formula is C10H10Cl2N2. The van der Waals surface area contributed by atoms with Crippen molar-refractivity contribution in [3.63, 3.8) is 0 Å². The molecule has 0 bridgehead atoms. The topological polar surface area (TPSA) is 28.7 Å². The van der Waals surface area contributed by atoms with E-state index >= 15 is 0 Å². The third-order valence-electron chi connectivity index (χ3n) is 2.09. The highest BCUT2D eigenvalue weighted by atomic mass is 35.5. The fraction of sp³-hybridized carbons (Fsp3) is 0.300. The molecule has 0 saturated heterocycles. The third kappa shape index (κ3) is 1.86. The van der Waals surface area contributed by atoms with Crippen LogP contribution in [0, 0.1) is 6.92 Å². The molecule has 0 aliphatic heterocycles. The maximum Gasteiger partial charge on any atom is 0.138 e. The smallest absolute Gasteiger partial charge is 0.138 e. The SMILES string of the molecule is Cc1c[nH]c(C2=CC(Cl)CC=C2Cl)n1. The van der Waals surface area contributed by atoms with E-state index in [1.54, 1.807) is 0 Å². The van der Waals surface area contributed by atoms with Crippen LogP contribution in [0.4, 0.5) is 0 Å². The van der Waals surface area contributed by atoms with E-state index < -0.39 is 0 Å². The highest BCUT2D eigenvalue weighted by Crippen LogP contribution is 2.30. The Morgan fingerprint density at radius 3 is 3.00 bits per heavy atom. The monoisotopic (exact) mass is 228 g/mol. The van der Waals surface area contributed by atoms with Gasteiger partial charge in [-0.15, -0.1) is 11.6 Å². The van der Waals surface area contributed by atoms with Gasteiger partial charge in [0, 0.05) is 16.8 Å². The second-order valence-corrected chi connectivity index (χ2v) is 4.24. The molecule has 2 nitrogen and oxygen atoms in total. The van der Waals surface area contributed by atoms with Crippen molar-refractivity contribution in [2.75, 3.05) is 0 Å². The van der Waals surface area contributed by atoms with E-state index in [0.717, 1.165) is 28.5 Å². The van der Waals surface area contributed by atoms with Crippen LogP contribution in [0.2, 0.25) is 0 Å². The Morgan fingerprint density at radius 1 is 1.57 bits per heavy atom. The molecule has 1 heterocycles. The van der Waals surface area contributed by atoms with Crippen LogP contribution in [0.25, 0.3) is 5.57 Å². The van der Waals surface area contributed by atoms with Crippen LogP contribution >= 0.6 is 23.2 Å². The molecule has 0 amide bonds. The van der Waals surface area contributed by atoms with E-state index in [4.69, 9.17) is 23.2 Å². The summed E-state index contributed by atoms with van der Waals surface area (Å²) in [6.45, 7) is 1.93. The number of aromatic amines is 1. The number of imidazole rings is 1. The summed E-state index contributed by atoms with van der Waals surface area (Å²) in [5, 5.41) is 0.731. The maximum atomic E-state index is 6.07. The molecule has 0 saturated carbocycles. The van der Waals surface area contributed by atoms with Crippen LogP contribution in [-0.2, 0) is 0 Å². The minimum absolute atomic E-state index is 0.0120. The van der Waals surface area contributed by atoms with Crippen molar-refractivity contribution in [2.24, 2.45) is 0 Å². The predicted molar refractivity (Wildman–Crippen MR) is 59.5 cm³/mol. The number of alkyl halides is 1. The van der Waals surface area contributed by atoms with Crippen molar-refractivity contribution in [3.8, 4) is 0 Å². The van der Waals surface area contributed by atoms with Gasteiger partial charge in [-0.25, -0.2) is 4.98 Å². The van der Waals surface area contributed by atoms with E-state index in [2.05, 4.69) is 9.97 Å². The average Bonchev–Trinajstić information content (AvgIpc) is 2.56. The minimum atomic E-state index is 0.0120. The molecule has 74 valence electrons. The van der Waals surface area contributed by atoms with Crippen molar-refractivity contribution in [1.82, 2.24) is 9.97 Å². The Kier molecular flexibility index (Phi) is 2.66. The summed E-state index contributed by atoms with van der Waals surface area (Å²) < 4.78 is 0. The molecule has 1 atom stereocenters. The van der Waals surface area contributed by atoms with Gasteiger partial charge in [-0.2, -0.15) is 0 Å². The van der Waals surface area contributed by atoms with Gasteiger partial charge in [-0.05, 0) is 13.3 Å². The molecule has 0 aromatic carbocycles. The summed E-state index contributed by atoms with van der Waals surface area (Å²) in [4.78, 5) is 7.37. The molecule has 14 heavy (non-hydrogen) atoms. The Balaban J connectivity index is 2.38. The fourth-order valence-corrected chi connectivity index (χ4v) is 1.85. The first-order chi connectivity index (χ1) is 6.66. The van der Waals surface area contributed by atoms with Gasteiger partial charge in [-0.1, -0.05) is 23.8 Å². The van der Waals surface area contributed by atoms with Crippen LogP contribution in [-0.4, -0.2) is 15.3 Å². The summed E-state index contributed by atoms with van der Waals surface area (Å²) in [6, 6.07) is 0. The van der Waals surface area contributed by atoms with E-state index in [1.807, 2.05) is 25.3 Å².